The zero-order valence-corrected chi connectivity index (χ0v) is 13.9. The molecule has 1 aromatic rings. The number of sulfonamides is 1. The van der Waals surface area contributed by atoms with Crippen LogP contribution in [0.3, 0.4) is 0 Å². The zero-order chi connectivity index (χ0) is 14.7. The van der Waals surface area contributed by atoms with Crippen molar-refractivity contribution in [2.45, 2.75) is 39.3 Å². The molecule has 0 amide bonds. The van der Waals surface area contributed by atoms with Crippen LogP contribution in [0.25, 0.3) is 0 Å². The maximum atomic E-state index is 11.3. The minimum atomic E-state index is -3.19. The fourth-order valence-corrected chi connectivity index (χ4v) is 4.09. The van der Waals surface area contributed by atoms with Gasteiger partial charge in [0.15, 0.2) is 0 Å². The topological polar surface area (TPSA) is 58.2 Å². The molecule has 0 aliphatic carbocycles. The Bertz CT molecular complexity index is 479. The van der Waals surface area contributed by atoms with E-state index in [-0.39, 0.29) is 6.04 Å². The molecule has 6 heteroatoms. The Labute approximate surface area is 120 Å². The first-order valence-electron chi connectivity index (χ1n) is 6.36. The Hall–Kier alpha value is -0.430. The van der Waals surface area contributed by atoms with E-state index in [1.54, 1.807) is 11.3 Å². The molecule has 0 bridgehead atoms. The second kappa shape index (κ2) is 6.35. The number of nitrogens with one attached hydrogen (secondary N) is 2. The van der Waals surface area contributed by atoms with Crippen LogP contribution >= 0.6 is 11.3 Å². The first-order valence-corrected chi connectivity index (χ1v) is 9.13. The average Bonchev–Trinajstić information content (AvgIpc) is 2.66. The van der Waals surface area contributed by atoms with E-state index >= 15 is 0 Å². The molecule has 0 saturated heterocycles. The van der Waals surface area contributed by atoms with E-state index in [0.29, 0.717) is 12.5 Å². The van der Waals surface area contributed by atoms with Gasteiger partial charge >= 0.3 is 0 Å². The van der Waals surface area contributed by atoms with Crippen molar-refractivity contribution in [2.75, 3.05) is 12.8 Å². The third-order valence-electron chi connectivity index (χ3n) is 2.74. The highest BCUT2D eigenvalue weighted by atomic mass is 32.2. The fourth-order valence-electron chi connectivity index (χ4n) is 2.04. The van der Waals surface area contributed by atoms with E-state index in [9.17, 15) is 8.42 Å². The molecule has 0 aliphatic heterocycles. The lowest BCUT2D eigenvalue weighted by Crippen LogP contribution is -2.50. The molecule has 0 saturated carbocycles. The van der Waals surface area contributed by atoms with Gasteiger partial charge in [0.05, 0.1) is 6.26 Å². The normalized spacial score (nSPS) is 14.8. The van der Waals surface area contributed by atoms with Gasteiger partial charge in [-0.3, -0.25) is 0 Å². The van der Waals surface area contributed by atoms with Crippen LogP contribution < -0.4 is 10.0 Å². The largest absolute Gasteiger partial charge is 0.307 e. The van der Waals surface area contributed by atoms with E-state index in [2.05, 4.69) is 35.3 Å². The van der Waals surface area contributed by atoms with E-state index < -0.39 is 15.6 Å². The summed E-state index contributed by atoms with van der Waals surface area (Å²) in [6.07, 6.45) is 1.19. The summed E-state index contributed by atoms with van der Waals surface area (Å²) in [6, 6.07) is 4.40. The maximum absolute atomic E-state index is 11.3. The molecule has 1 atom stereocenters. The van der Waals surface area contributed by atoms with Gasteiger partial charge < -0.3 is 5.32 Å². The second-order valence-electron chi connectivity index (χ2n) is 5.88. The van der Waals surface area contributed by atoms with Crippen LogP contribution in [0.2, 0.25) is 0 Å². The molecule has 1 heterocycles. The maximum Gasteiger partial charge on any atom is 0.209 e. The highest BCUT2D eigenvalue weighted by Crippen LogP contribution is 2.26. The van der Waals surface area contributed by atoms with Gasteiger partial charge in [0.25, 0.3) is 0 Å². The van der Waals surface area contributed by atoms with Gasteiger partial charge in [0.1, 0.15) is 0 Å². The Morgan fingerprint density at radius 3 is 2.42 bits per heavy atom. The molecule has 1 unspecified atom stereocenters. The summed E-state index contributed by atoms with van der Waals surface area (Å²) in [7, 11) is -3.19. The predicted molar refractivity (Wildman–Crippen MR) is 82.0 cm³/mol. The van der Waals surface area contributed by atoms with Crippen LogP contribution in [-0.4, -0.2) is 26.8 Å². The van der Waals surface area contributed by atoms with Crippen molar-refractivity contribution >= 4 is 21.4 Å². The summed E-state index contributed by atoms with van der Waals surface area (Å²) < 4.78 is 25.3. The molecule has 110 valence electrons. The molecular weight excluding hydrogens is 280 g/mol. The SMILES string of the molecule is CC(C)C(NCC(C)(C)NS(C)(=O)=O)c1cccs1. The van der Waals surface area contributed by atoms with Gasteiger partial charge in [0, 0.05) is 23.0 Å². The molecule has 0 fully saturated rings. The lowest BCUT2D eigenvalue weighted by atomic mass is 10.0. The molecule has 1 aromatic heterocycles. The number of rotatable bonds is 7. The highest BCUT2D eigenvalue weighted by molar-refractivity contribution is 7.88. The molecular formula is C13H24N2O2S2. The van der Waals surface area contributed by atoms with E-state index in [1.807, 2.05) is 19.9 Å². The van der Waals surface area contributed by atoms with Gasteiger partial charge in [-0.15, -0.1) is 11.3 Å². The summed E-state index contributed by atoms with van der Waals surface area (Å²) >= 11 is 1.72. The molecule has 1 rings (SSSR count). The molecule has 19 heavy (non-hydrogen) atoms. The van der Waals surface area contributed by atoms with Crippen LogP contribution in [0.1, 0.15) is 38.6 Å². The van der Waals surface area contributed by atoms with Crippen LogP contribution in [0.4, 0.5) is 0 Å². The van der Waals surface area contributed by atoms with Crippen molar-refractivity contribution in [2.24, 2.45) is 5.92 Å². The fraction of sp³-hybridized carbons (Fsp3) is 0.692. The van der Waals surface area contributed by atoms with Crippen LogP contribution in [0, 0.1) is 5.92 Å². The van der Waals surface area contributed by atoms with E-state index in [0.717, 1.165) is 0 Å². The Kier molecular flexibility index (Phi) is 5.55. The third kappa shape index (κ3) is 6.03. The molecule has 0 aromatic carbocycles. The lowest BCUT2D eigenvalue weighted by molar-refractivity contribution is 0.350. The molecule has 4 nitrogen and oxygen atoms in total. The van der Waals surface area contributed by atoms with Crippen LogP contribution in [-0.2, 0) is 10.0 Å². The van der Waals surface area contributed by atoms with Crippen molar-refractivity contribution in [3.63, 3.8) is 0 Å². The summed E-state index contributed by atoms with van der Waals surface area (Å²) in [4.78, 5) is 1.28. The number of hydrogen-bond donors (Lipinski definition) is 2. The quantitative estimate of drug-likeness (QED) is 0.813. The third-order valence-corrected chi connectivity index (χ3v) is 4.62. The van der Waals surface area contributed by atoms with Crippen LogP contribution in [0.15, 0.2) is 17.5 Å². The second-order valence-corrected chi connectivity index (χ2v) is 8.60. The predicted octanol–water partition coefficient (Wildman–Crippen LogP) is 2.36. The van der Waals surface area contributed by atoms with Crippen molar-refractivity contribution in [1.82, 2.24) is 10.0 Å². The number of hydrogen-bond acceptors (Lipinski definition) is 4. The van der Waals surface area contributed by atoms with Crippen molar-refractivity contribution < 1.29 is 8.42 Å². The van der Waals surface area contributed by atoms with Crippen molar-refractivity contribution in [3.8, 4) is 0 Å². The number of thiophene rings is 1. The zero-order valence-electron chi connectivity index (χ0n) is 12.2. The Morgan fingerprint density at radius 2 is 2.00 bits per heavy atom. The molecule has 0 aliphatic rings. The van der Waals surface area contributed by atoms with E-state index in [1.165, 1.54) is 11.1 Å². The first kappa shape index (κ1) is 16.6. The van der Waals surface area contributed by atoms with Gasteiger partial charge in [-0.05, 0) is 31.2 Å². The monoisotopic (exact) mass is 304 g/mol. The standard InChI is InChI=1S/C13H24N2O2S2/c1-10(2)12(11-7-6-8-18-11)14-9-13(3,4)15-19(5,16)17/h6-8,10,12,14-15H,9H2,1-5H3. The van der Waals surface area contributed by atoms with Gasteiger partial charge in [-0.1, -0.05) is 19.9 Å². The smallest absolute Gasteiger partial charge is 0.209 e. The minimum absolute atomic E-state index is 0.251. The van der Waals surface area contributed by atoms with E-state index in [4.69, 9.17) is 0 Å². The lowest BCUT2D eigenvalue weighted by Gasteiger charge is -2.30. The molecule has 0 spiro atoms. The minimum Gasteiger partial charge on any atom is -0.307 e. The van der Waals surface area contributed by atoms with Crippen molar-refractivity contribution in [3.05, 3.63) is 22.4 Å². The van der Waals surface area contributed by atoms with Gasteiger partial charge in [-0.25, -0.2) is 13.1 Å². The summed E-state index contributed by atoms with van der Waals surface area (Å²) in [5, 5.41) is 5.53. The first-order chi connectivity index (χ1) is 8.61. The Morgan fingerprint density at radius 1 is 1.37 bits per heavy atom. The van der Waals surface area contributed by atoms with Gasteiger partial charge in [-0.2, -0.15) is 0 Å². The average molecular weight is 304 g/mol. The molecule has 0 radical (unpaired) electrons. The highest BCUT2D eigenvalue weighted by Gasteiger charge is 2.25. The molecule has 2 N–H and O–H groups in total. The summed E-state index contributed by atoms with van der Waals surface area (Å²) in [6.45, 7) is 8.67. The Balaban J connectivity index is 2.67. The summed E-state index contributed by atoms with van der Waals surface area (Å²) in [5.41, 5.74) is -0.502. The van der Waals surface area contributed by atoms with Crippen LogP contribution in [0.5, 0.6) is 0 Å². The van der Waals surface area contributed by atoms with Crippen molar-refractivity contribution in [1.29, 1.82) is 0 Å². The van der Waals surface area contributed by atoms with Gasteiger partial charge in [0.2, 0.25) is 10.0 Å². The summed E-state index contributed by atoms with van der Waals surface area (Å²) in [5.74, 6) is 0.452.